The van der Waals surface area contributed by atoms with Crippen LogP contribution in [-0.2, 0) is 6.54 Å². The van der Waals surface area contributed by atoms with Crippen molar-refractivity contribution >= 4 is 0 Å². The van der Waals surface area contributed by atoms with Gasteiger partial charge in [-0.3, -0.25) is 0 Å². The minimum absolute atomic E-state index is 0.193. The molecule has 0 amide bonds. The van der Waals surface area contributed by atoms with Crippen molar-refractivity contribution in [3.63, 3.8) is 0 Å². The topological polar surface area (TPSA) is 23.5 Å². The van der Waals surface area contributed by atoms with Crippen molar-refractivity contribution in [1.29, 1.82) is 0 Å². The summed E-state index contributed by atoms with van der Waals surface area (Å²) in [5.74, 6) is -1.62. The number of aliphatic hydroxyl groups excluding tert-OH is 1. The lowest BCUT2D eigenvalue weighted by molar-refractivity contribution is 0.261. The van der Waals surface area contributed by atoms with Crippen molar-refractivity contribution < 1.29 is 13.9 Å². The molecule has 1 rings (SSSR count). The Morgan fingerprint density at radius 1 is 1.19 bits per heavy atom. The van der Waals surface area contributed by atoms with Crippen molar-refractivity contribution in [1.82, 2.24) is 4.90 Å². The van der Waals surface area contributed by atoms with Gasteiger partial charge in [-0.05, 0) is 44.1 Å². The number of hydrogen-bond acceptors (Lipinski definition) is 2. The molecule has 0 aliphatic rings. The van der Waals surface area contributed by atoms with Crippen LogP contribution in [-0.4, -0.2) is 30.2 Å². The zero-order valence-electron chi connectivity index (χ0n) is 9.42. The number of rotatable bonds is 6. The van der Waals surface area contributed by atoms with Crippen LogP contribution in [0.5, 0.6) is 0 Å². The Balaban J connectivity index is 2.43. The summed E-state index contributed by atoms with van der Waals surface area (Å²) in [7, 11) is 1.92. The van der Waals surface area contributed by atoms with Gasteiger partial charge < -0.3 is 10.0 Å². The molecule has 0 aliphatic heterocycles. The minimum atomic E-state index is -0.813. The van der Waals surface area contributed by atoms with E-state index >= 15 is 0 Å². The molecule has 1 N–H and O–H groups in total. The zero-order valence-corrected chi connectivity index (χ0v) is 9.42. The predicted molar refractivity (Wildman–Crippen MR) is 59.0 cm³/mol. The van der Waals surface area contributed by atoms with Gasteiger partial charge in [0.05, 0.1) is 0 Å². The summed E-state index contributed by atoms with van der Waals surface area (Å²) >= 11 is 0. The number of nitrogens with zero attached hydrogens (tertiary/aromatic N) is 1. The lowest BCUT2D eigenvalue weighted by Gasteiger charge is -2.16. The van der Waals surface area contributed by atoms with Crippen molar-refractivity contribution in [2.45, 2.75) is 19.4 Å². The lowest BCUT2D eigenvalue weighted by Crippen LogP contribution is -2.19. The van der Waals surface area contributed by atoms with E-state index in [0.29, 0.717) is 6.54 Å². The van der Waals surface area contributed by atoms with E-state index in [9.17, 15) is 8.78 Å². The molecule has 0 heterocycles. The molecule has 0 bridgehead atoms. The predicted octanol–water partition coefficient (Wildman–Crippen LogP) is 2.17. The Kier molecular flexibility index (Phi) is 5.35. The van der Waals surface area contributed by atoms with Crippen LogP contribution in [0.15, 0.2) is 18.2 Å². The van der Waals surface area contributed by atoms with Crippen molar-refractivity contribution in [3.8, 4) is 0 Å². The molecule has 0 spiro atoms. The summed E-state index contributed by atoms with van der Waals surface area (Å²) in [5.41, 5.74) is 0.755. The minimum Gasteiger partial charge on any atom is -0.396 e. The largest absolute Gasteiger partial charge is 0.396 e. The van der Waals surface area contributed by atoms with E-state index in [2.05, 4.69) is 0 Å². The van der Waals surface area contributed by atoms with Gasteiger partial charge in [0, 0.05) is 13.2 Å². The van der Waals surface area contributed by atoms with Gasteiger partial charge in [0.1, 0.15) is 0 Å². The highest BCUT2D eigenvalue weighted by Crippen LogP contribution is 2.10. The molecule has 0 atom stereocenters. The van der Waals surface area contributed by atoms with Gasteiger partial charge in [0.2, 0.25) is 0 Å². The van der Waals surface area contributed by atoms with Crippen LogP contribution >= 0.6 is 0 Å². The Hall–Kier alpha value is -1.00. The molecule has 0 aromatic heterocycles. The average Bonchev–Trinajstić information content (AvgIpc) is 2.24. The normalized spacial score (nSPS) is 11.1. The molecule has 1 aromatic rings. The molecule has 2 nitrogen and oxygen atoms in total. The highest BCUT2D eigenvalue weighted by atomic mass is 19.2. The molecule has 0 unspecified atom stereocenters. The van der Waals surface area contributed by atoms with Crippen LogP contribution in [0.3, 0.4) is 0 Å². The van der Waals surface area contributed by atoms with E-state index in [1.165, 1.54) is 6.07 Å². The Labute approximate surface area is 94.5 Å². The van der Waals surface area contributed by atoms with E-state index in [1.54, 1.807) is 6.07 Å². The third-order valence-electron chi connectivity index (χ3n) is 2.38. The van der Waals surface area contributed by atoms with Gasteiger partial charge in [-0.1, -0.05) is 6.07 Å². The first-order chi connectivity index (χ1) is 7.63. The van der Waals surface area contributed by atoms with E-state index < -0.39 is 11.6 Å². The molecule has 0 fully saturated rings. The van der Waals surface area contributed by atoms with Crippen LogP contribution in [0.2, 0.25) is 0 Å². The molecule has 0 radical (unpaired) electrons. The second-order valence-corrected chi connectivity index (χ2v) is 3.92. The molecule has 0 saturated carbocycles. The maximum absolute atomic E-state index is 12.9. The zero-order chi connectivity index (χ0) is 12.0. The van der Waals surface area contributed by atoms with Crippen molar-refractivity contribution in [3.05, 3.63) is 35.4 Å². The fourth-order valence-electron chi connectivity index (χ4n) is 1.52. The Morgan fingerprint density at radius 3 is 2.56 bits per heavy atom. The van der Waals surface area contributed by atoms with E-state index in [4.69, 9.17) is 5.11 Å². The monoisotopic (exact) mass is 229 g/mol. The maximum atomic E-state index is 12.9. The van der Waals surface area contributed by atoms with Crippen LogP contribution in [0.4, 0.5) is 8.78 Å². The third kappa shape index (κ3) is 4.24. The number of hydrogen-bond donors (Lipinski definition) is 1. The molecular weight excluding hydrogens is 212 g/mol. The molecule has 1 aromatic carbocycles. The second kappa shape index (κ2) is 6.55. The molecular formula is C12H17F2NO. The summed E-state index contributed by atoms with van der Waals surface area (Å²) < 4.78 is 25.6. The molecule has 0 saturated heterocycles. The molecule has 4 heteroatoms. The second-order valence-electron chi connectivity index (χ2n) is 3.92. The third-order valence-corrected chi connectivity index (χ3v) is 2.38. The standard InChI is InChI=1S/C12H17F2NO/c1-15(6-2-3-7-16)9-10-4-5-11(13)12(14)8-10/h4-5,8,16H,2-3,6-7,9H2,1H3. The van der Waals surface area contributed by atoms with Crippen molar-refractivity contribution in [2.24, 2.45) is 0 Å². The van der Waals surface area contributed by atoms with Gasteiger partial charge in [-0.15, -0.1) is 0 Å². The summed E-state index contributed by atoms with van der Waals surface area (Å²) in [4.78, 5) is 2.02. The number of aliphatic hydroxyl groups is 1. The van der Waals surface area contributed by atoms with Gasteiger partial charge in [-0.25, -0.2) is 8.78 Å². The SMILES string of the molecule is CN(CCCCO)Cc1ccc(F)c(F)c1. The van der Waals surface area contributed by atoms with Crippen LogP contribution in [0.1, 0.15) is 18.4 Å². The van der Waals surface area contributed by atoms with E-state index in [1.807, 2.05) is 11.9 Å². The molecule has 16 heavy (non-hydrogen) atoms. The highest BCUT2D eigenvalue weighted by Gasteiger charge is 2.04. The quantitative estimate of drug-likeness (QED) is 0.756. The fourth-order valence-corrected chi connectivity index (χ4v) is 1.52. The molecule has 90 valence electrons. The first-order valence-corrected chi connectivity index (χ1v) is 5.37. The fraction of sp³-hybridized carbons (Fsp3) is 0.500. The van der Waals surface area contributed by atoms with Crippen molar-refractivity contribution in [2.75, 3.05) is 20.2 Å². The first-order valence-electron chi connectivity index (χ1n) is 5.37. The first kappa shape index (κ1) is 13.1. The van der Waals surface area contributed by atoms with Crippen LogP contribution in [0, 0.1) is 11.6 Å². The van der Waals surface area contributed by atoms with Crippen LogP contribution in [0.25, 0.3) is 0 Å². The van der Waals surface area contributed by atoms with Gasteiger partial charge in [-0.2, -0.15) is 0 Å². The Bertz CT molecular complexity index is 331. The number of halogens is 2. The van der Waals surface area contributed by atoms with E-state index in [0.717, 1.165) is 31.0 Å². The van der Waals surface area contributed by atoms with Gasteiger partial charge in [0.25, 0.3) is 0 Å². The maximum Gasteiger partial charge on any atom is 0.159 e. The smallest absolute Gasteiger partial charge is 0.159 e. The van der Waals surface area contributed by atoms with Crippen LogP contribution < -0.4 is 0 Å². The summed E-state index contributed by atoms with van der Waals surface area (Å²) in [6.45, 7) is 1.61. The average molecular weight is 229 g/mol. The Morgan fingerprint density at radius 2 is 1.94 bits per heavy atom. The summed E-state index contributed by atoms with van der Waals surface area (Å²) in [6.07, 6.45) is 1.67. The number of benzene rings is 1. The molecule has 0 aliphatic carbocycles. The summed E-state index contributed by atoms with van der Waals surface area (Å²) in [5, 5.41) is 8.63. The van der Waals surface area contributed by atoms with E-state index in [-0.39, 0.29) is 6.61 Å². The lowest BCUT2D eigenvalue weighted by atomic mass is 10.2. The van der Waals surface area contributed by atoms with Gasteiger partial charge in [0.15, 0.2) is 11.6 Å². The van der Waals surface area contributed by atoms with Gasteiger partial charge >= 0.3 is 0 Å². The number of unbranched alkanes of at least 4 members (excludes halogenated alkanes) is 1. The summed E-state index contributed by atoms with van der Waals surface area (Å²) in [6, 6.07) is 3.95. The highest BCUT2D eigenvalue weighted by molar-refractivity contribution is 5.17.